The summed E-state index contributed by atoms with van der Waals surface area (Å²) in [5.74, 6) is -1.15. The summed E-state index contributed by atoms with van der Waals surface area (Å²) in [6, 6.07) is 1.67. The molecular formula is C11H15NO3. The summed E-state index contributed by atoms with van der Waals surface area (Å²) in [5, 5.41) is 8.88. The van der Waals surface area contributed by atoms with Crippen molar-refractivity contribution in [2.24, 2.45) is 0 Å². The number of carbonyl (C=O) groups is 1. The van der Waals surface area contributed by atoms with Crippen molar-refractivity contribution in [1.82, 2.24) is 4.57 Å². The number of hydrogen-bond donors (Lipinski definition) is 1. The summed E-state index contributed by atoms with van der Waals surface area (Å²) in [7, 11) is 0. The smallest absolute Gasteiger partial charge is 0.341 e. The number of hydrogen-bond acceptors (Lipinski definition) is 2. The topological polar surface area (TPSA) is 59.3 Å². The van der Waals surface area contributed by atoms with Crippen molar-refractivity contribution in [2.45, 2.75) is 33.2 Å². The van der Waals surface area contributed by atoms with Crippen LogP contribution in [0.3, 0.4) is 0 Å². The molecule has 1 rings (SSSR count). The van der Waals surface area contributed by atoms with Crippen molar-refractivity contribution in [2.75, 3.05) is 0 Å². The molecule has 0 radical (unpaired) electrons. The molecule has 0 saturated heterocycles. The van der Waals surface area contributed by atoms with Crippen LogP contribution in [0.2, 0.25) is 0 Å². The number of carboxylic acid groups (broad SMARTS) is 1. The maximum Gasteiger partial charge on any atom is 0.341 e. The number of pyridine rings is 1. The third-order valence-electron chi connectivity index (χ3n) is 2.34. The van der Waals surface area contributed by atoms with Gasteiger partial charge < -0.3 is 9.67 Å². The molecule has 0 aliphatic carbocycles. The van der Waals surface area contributed by atoms with E-state index in [1.165, 1.54) is 4.57 Å². The van der Waals surface area contributed by atoms with Gasteiger partial charge in [-0.1, -0.05) is 13.3 Å². The summed E-state index contributed by atoms with van der Waals surface area (Å²) < 4.78 is 1.46. The zero-order chi connectivity index (χ0) is 11.4. The van der Waals surface area contributed by atoms with Gasteiger partial charge in [0.2, 0.25) is 0 Å². The van der Waals surface area contributed by atoms with Gasteiger partial charge in [-0.25, -0.2) is 4.79 Å². The van der Waals surface area contributed by atoms with E-state index in [9.17, 15) is 9.59 Å². The molecule has 82 valence electrons. The molecule has 15 heavy (non-hydrogen) atoms. The Morgan fingerprint density at radius 2 is 2.20 bits per heavy atom. The summed E-state index contributed by atoms with van der Waals surface area (Å²) in [5.41, 5.74) is -0.00944. The lowest BCUT2D eigenvalue weighted by Gasteiger charge is -2.07. The SMILES string of the molecule is CCCCn1ccc(C)c(C(=O)O)c1=O. The van der Waals surface area contributed by atoms with Crippen LogP contribution < -0.4 is 5.56 Å². The van der Waals surface area contributed by atoms with Gasteiger partial charge in [0.1, 0.15) is 5.56 Å². The second kappa shape index (κ2) is 4.77. The van der Waals surface area contributed by atoms with Gasteiger partial charge in [-0.15, -0.1) is 0 Å². The van der Waals surface area contributed by atoms with Gasteiger partial charge in [-0.3, -0.25) is 4.79 Å². The molecule has 1 aromatic rings. The molecule has 0 bridgehead atoms. The van der Waals surface area contributed by atoms with Gasteiger partial charge >= 0.3 is 5.97 Å². The van der Waals surface area contributed by atoms with E-state index in [0.717, 1.165) is 12.8 Å². The second-order valence-electron chi connectivity index (χ2n) is 3.53. The van der Waals surface area contributed by atoms with E-state index >= 15 is 0 Å². The van der Waals surface area contributed by atoms with Gasteiger partial charge in [0.05, 0.1) is 0 Å². The molecule has 0 amide bonds. The van der Waals surface area contributed by atoms with Gasteiger partial charge in [-0.2, -0.15) is 0 Å². The molecule has 0 unspecified atom stereocenters. The predicted octanol–water partition coefficient (Wildman–Crippen LogP) is 1.66. The second-order valence-corrected chi connectivity index (χ2v) is 3.53. The van der Waals surface area contributed by atoms with Crippen molar-refractivity contribution >= 4 is 5.97 Å². The van der Waals surface area contributed by atoms with Gasteiger partial charge in [0.25, 0.3) is 5.56 Å². The molecular weight excluding hydrogens is 194 g/mol. The zero-order valence-electron chi connectivity index (χ0n) is 8.99. The average Bonchev–Trinajstić information content (AvgIpc) is 2.16. The minimum Gasteiger partial charge on any atom is -0.477 e. The number of aromatic carboxylic acids is 1. The highest BCUT2D eigenvalue weighted by Gasteiger charge is 2.13. The third kappa shape index (κ3) is 2.46. The van der Waals surface area contributed by atoms with Crippen LogP contribution in [-0.2, 0) is 6.54 Å². The van der Waals surface area contributed by atoms with Crippen molar-refractivity contribution in [3.05, 3.63) is 33.7 Å². The number of carboxylic acids is 1. The molecule has 1 aromatic heterocycles. The van der Waals surface area contributed by atoms with Crippen LogP contribution >= 0.6 is 0 Å². The van der Waals surface area contributed by atoms with Crippen LogP contribution in [0.25, 0.3) is 0 Å². The largest absolute Gasteiger partial charge is 0.477 e. The Morgan fingerprint density at radius 3 is 2.73 bits per heavy atom. The monoisotopic (exact) mass is 209 g/mol. The van der Waals surface area contributed by atoms with E-state index in [1.807, 2.05) is 6.92 Å². The standard InChI is InChI=1S/C11H15NO3/c1-3-4-6-12-7-5-8(2)9(10(12)13)11(14)15/h5,7H,3-4,6H2,1-2H3,(H,14,15). The van der Waals surface area contributed by atoms with Crippen LogP contribution in [0.15, 0.2) is 17.1 Å². The molecule has 0 fully saturated rings. The lowest BCUT2D eigenvalue weighted by atomic mass is 10.1. The van der Waals surface area contributed by atoms with Gasteiger partial charge in [0, 0.05) is 12.7 Å². The molecule has 0 aliphatic rings. The van der Waals surface area contributed by atoms with Gasteiger partial charge in [0.15, 0.2) is 0 Å². The highest BCUT2D eigenvalue weighted by Crippen LogP contribution is 2.02. The Morgan fingerprint density at radius 1 is 1.53 bits per heavy atom. The number of rotatable bonds is 4. The van der Waals surface area contributed by atoms with E-state index in [4.69, 9.17) is 5.11 Å². The molecule has 0 spiro atoms. The predicted molar refractivity (Wildman–Crippen MR) is 57.3 cm³/mol. The van der Waals surface area contributed by atoms with Crippen LogP contribution in [0.5, 0.6) is 0 Å². The molecule has 0 saturated carbocycles. The first-order chi connectivity index (χ1) is 7.07. The van der Waals surface area contributed by atoms with Crippen molar-refractivity contribution in [1.29, 1.82) is 0 Å². The normalized spacial score (nSPS) is 10.3. The van der Waals surface area contributed by atoms with E-state index in [-0.39, 0.29) is 5.56 Å². The number of aryl methyl sites for hydroxylation is 2. The lowest BCUT2D eigenvalue weighted by molar-refractivity contribution is 0.0693. The first-order valence-corrected chi connectivity index (χ1v) is 5.01. The Kier molecular flexibility index (Phi) is 3.66. The van der Waals surface area contributed by atoms with Crippen LogP contribution in [0.1, 0.15) is 35.7 Å². The minimum absolute atomic E-state index is 0.117. The fourth-order valence-electron chi connectivity index (χ4n) is 1.43. The summed E-state index contributed by atoms with van der Waals surface area (Å²) in [4.78, 5) is 22.6. The summed E-state index contributed by atoms with van der Waals surface area (Å²) >= 11 is 0. The molecule has 4 heteroatoms. The Bertz CT molecular complexity index is 420. The van der Waals surface area contributed by atoms with Crippen molar-refractivity contribution in [3.63, 3.8) is 0 Å². The fraction of sp³-hybridized carbons (Fsp3) is 0.455. The van der Waals surface area contributed by atoms with Crippen LogP contribution in [-0.4, -0.2) is 15.6 Å². The third-order valence-corrected chi connectivity index (χ3v) is 2.34. The summed E-state index contributed by atoms with van der Waals surface area (Å²) in [6.45, 7) is 4.24. The van der Waals surface area contributed by atoms with E-state index in [1.54, 1.807) is 19.2 Å². The van der Waals surface area contributed by atoms with Crippen molar-refractivity contribution < 1.29 is 9.90 Å². The molecule has 4 nitrogen and oxygen atoms in total. The molecule has 1 heterocycles. The highest BCUT2D eigenvalue weighted by atomic mass is 16.4. The first kappa shape index (κ1) is 11.5. The number of unbranched alkanes of at least 4 members (excludes halogenated alkanes) is 1. The molecule has 1 N–H and O–H groups in total. The Balaban J connectivity index is 3.17. The van der Waals surface area contributed by atoms with E-state index in [2.05, 4.69) is 0 Å². The van der Waals surface area contributed by atoms with Crippen molar-refractivity contribution in [3.8, 4) is 0 Å². The molecule has 0 atom stereocenters. The molecule has 0 aliphatic heterocycles. The van der Waals surface area contributed by atoms with Crippen LogP contribution in [0, 0.1) is 6.92 Å². The van der Waals surface area contributed by atoms with Crippen LogP contribution in [0.4, 0.5) is 0 Å². The quantitative estimate of drug-likeness (QED) is 0.820. The first-order valence-electron chi connectivity index (χ1n) is 5.01. The summed E-state index contributed by atoms with van der Waals surface area (Å²) in [6.07, 6.45) is 3.50. The lowest BCUT2D eigenvalue weighted by Crippen LogP contribution is -2.27. The fourth-order valence-corrected chi connectivity index (χ4v) is 1.43. The molecule has 0 aromatic carbocycles. The zero-order valence-corrected chi connectivity index (χ0v) is 8.99. The maximum absolute atomic E-state index is 11.7. The Hall–Kier alpha value is -1.58. The highest BCUT2D eigenvalue weighted by molar-refractivity contribution is 5.88. The average molecular weight is 209 g/mol. The maximum atomic E-state index is 11.7. The number of nitrogens with zero attached hydrogens (tertiary/aromatic N) is 1. The Labute approximate surface area is 88.2 Å². The van der Waals surface area contributed by atoms with E-state index < -0.39 is 11.5 Å². The number of aromatic nitrogens is 1. The van der Waals surface area contributed by atoms with Gasteiger partial charge in [-0.05, 0) is 25.0 Å². The minimum atomic E-state index is -1.15. The van der Waals surface area contributed by atoms with E-state index in [0.29, 0.717) is 12.1 Å².